The highest BCUT2D eigenvalue weighted by molar-refractivity contribution is 9.10. The molecule has 0 heterocycles. The van der Waals surface area contributed by atoms with Crippen molar-refractivity contribution in [1.82, 2.24) is 10.2 Å². The highest BCUT2D eigenvalue weighted by atomic mass is 79.9. The van der Waals surface area contributed by atoms with Gasteiger partial charge in [0.2, 0.25) is 11.8 Å². The Bertz CT molecular complexity index is 556. The topological polar surface area (TPSA) is 61.4 Å². The molecule has 1 aromatic carbocycles. The fourth-order valence-corrected chi connectivity index (χ4v) is 1.97. The van der Waals surface area contributed by atoms with Crippen molar-refractivity contribution < 1.29 is 9.59 Å². The molecule has 0 aromatic heterocycles. The standard InChI is InChI=1S/C16H24BrN3O2/c1-11-10-12(6-7-13(11)17)19-15(22)16(2,3)14(21)18-8-9-20(4)5/h6-7,10H,8-9H2,1-5H3,(H,18,21)(H,19,22). The number of hydrogen-bond donors (Lipinski definition) is 2. The maximum atomic E-state index is 12.4. The molecule has 6 heteroatoms. The summed E-state index contributed by atoms with van der Waals surface area (Å²) in [7, 11) is 3.86. The quantitative estimate of drug-likeness (QED) is 0.756. The summed E-state index contributed by atoms with van der Waals surface area (Å²) in [6.07, 6.45) is 0. The van der Waals surface area contributed by atoms with E-state index in [-0.39, 0.29) is 11.8 Å². The summed E-state index contributed by atoms with van der Waals surface area (Å²) in [5, 5.41) is 5.59. The van der Waals surface area contributed by atoms with E-state index in [1.807, 2.05) is 38.1 Å². The molecule has 0 atom stereocenters. The van der Waals surface area contributed by atoms with Gasteiger partial charge in [0.15, 0.2) is 0 Å². The number of amides is 2. The maximum Gasteiger partial charge on any atom is 0.239 e. The van der Waals surface area contributed by atoms with Gasteiger partial charge in [-0.3, -0.25) is 9.59 Å². The van der Waals surface area contributed by atoms with E-state index in [9.17, 15) is 9.59 Å². The molecule has 2 amide bonds. The summed E-state index contributed by atoms with van der Waals surface area (Å²) < 4.78 is 0.978. The summed E-state index contributed by atoms with van der Waals surface area (Å²) in [5.41, 5.74) is 0.568. The second kappa shape index (κ2) is 7.74. The molecule has 1 rings (SSSR count). The Kier molecular flexibility index (Phi) is 6.56. The normalized spacial score (nSPS) is 11.4. The van der Waals surface area contributed by atoms with E-state index in [0.717, 1.165) is 16.6 Å². The van der Waals surface area contributed by atoms with Crippen LogP contribution in [-0.2, 0) is 9.59 Å². The van der Waals surface area contributed by atoms with Crippen LogP contribution in [0.15, 0.2) is 22.7 Å². The van der Waals surface area contributed by atoms with Crippen molar-refractivity contribution in [3.8, 4) is 0 Å². The van der Waals surface area contributed by atoms with Crippen LogP contribution in [0.25, 0.3) is 0 Å². The first-order valence-corrected chi connectivity index (χ1v) is 7.94. The smallest absolute Gasteiger partial charge is 0.239 e. The van der Waals surface area contributed by atoms with Crippen LogP contribution >= 0.6 is 15.9 Å². The molecule has 122 valence electrons. The highest BCUT2D eigenvalue weighted by Crippen LogP contribution is 2.23. The van der Waals surface area contributed by atoms with Gasteiger partial charge in [0.05, 0.1) is 0 Å². The van der Waals surface area contributed by atoms with Crippen molar-refractivity contribution in [2.75, 3.05) is 32.5 Å². The number of anilines is 1. The molecule has 5 nitrogen and oxygen atoms in total. The average Bonchev–Trinajstić information content (AvgIpc) is 2.42. The lowest BCUT2D eigenvalue weighted by molar-refractivity contribution is -0.138. The van der Waals surface area contributed by atoms with Gasteiger partial charge in [-0.2, -0.15) is 0 Å². The van der Waals surface area contributed by atoms with E-state index in [1.54, 1.807) is 19.9 Å². The number of likely N-dealkylation sites (N-methyl/N-ethyl adjacent to an activating group) is 1. The Morgan fingerprint density at radius 3 is 2.41 bits per heavy atom. The van der Waals surface area contributed by atoms with Crippen LogP contribution in [0.2, 0.25) is 0 Å². The number of nitrogens with one attached hydrogen (secondary N) is 2. The third-order valence-electron chi connectivity index (χ3n) is 3.40. The molecule has 2 N–H and O–H groups in total. The molecular formula is C16H24BrN3O2. The van der Waals surface area contributed by atoms with Crippen molar-refractivity contribution in [3.05, 3.63) is 28.2 Å². The first-order valence-electron chi connectivity index (χ1n) is 7.15. The van der Waals surface area contributed by atoms with Gasteiger partial charge in [0.25, 0.3) is 0 Å². The van der Waals surface area contributed by atoms with Crippen molar-refractivity contribution in [2.24, 2.45) is 5.41 Å². The van der Waals surface area contributed by atoms with Crippen LogP contribution in [-0.4, -0.2) is 43.9 Å². The second-order valence-electron chi connectivity index (χ2n) is 6.10. The lowest BCUT2D eigenvalue weighted by Gasteiger charge is -2.23. The van der Waals surface area contributed by atoms with Crippen molar-refractivity contribution >= 4 is 33.4 Å². The van der Waals surface area contributed by atoms with E-state index < -0.39 is 5.41 Å². The van der Waals surface area contributed by atoms with Gasteiger partial charge in [0, 0.05) is 23.2 Å². The Balaban J connectivity index is 2.68. The van der Waals surface area contributed by atoms with Crippen molar-refractivity contribution in [2.45, 2.75) is 20.8 Å². The SMILES string of the molecule is Cc1cc(NC(=O)C(C)(C)C(=O)NCCN(C)C)ccc1Br. The molecule has 1 aromatic rings. The van der Waals surface area contributed by atoms with Crippen LogP contribution in [0.5, 0.6) is 0 Å². The molecule has 22 heavy (non-hydrogen) atoms. The monoisotopic (exact) mass is 369 g/mol. The largest absolute Gasteiger partial charge is 0.354 e. The van der Waals surface area contributed by atoms with E-state index in [4.69, 9.17) is 0 Å². The molecule has 0 saturated heterocycles. The van der Waals surface area contributed by atoms with Gasteiger partial charge in [0.1, 0.15) is 5.41 Å². The minimum atomic E-state index is -1.13. The van der Waals surface area contributed by atoms with Gasteiger partial charge < -0.3 is 15.5 Å². The van der Waals surface area contributed by atoms with Gasteiger partial charge >= 0.3 is 0 Å². The van der Waals surface area contributed by atoms with Gasteiger partial charge in [-0.15, -0.1) is 0 Å². The number of carbonyl (C=O) groups excluding carboxylic acids is 2. The lowest BCUT2D eigenvalue weighted by atomic mass is 9.91. The van der Waals surface area contributed by atoms with Crippen molar-refractivity contribution in [1.29, 1.82) is 0 Å². The third kappa shape index (κ3) is 5.10. The van der Waals surface area contributed by atoms with E-state index >= 15 is 0 Å². The number of benzene rings is 1. The number of aryl methyl sites for hydroxylation is 1. The first-order chi connectivity index (χ1) is 10.1. The van der Waals surface area contributed by atoms with Crippen LogP contribution < -0.4 is 10.6 Å². The van der Waals surface area contributed by atoms with Crippen molar-refractivity contribution in [3.63, 3.8) is 0 Å². The summed E-state index contributed by atoms with van der Waals surface area (Å²) in [5.74, 6) is -0.600. The van der Waals surface area contributed by atoms with Crippen LogP contribution in [0.3, 0.4) is 0 Å². The highest BCUT2D eigenvalue weighted by Gasteiger charge is 2.35. The lowest BCUT2D eigenvalue weighted by Crippen LogP contribution is -2.46. The second-order valence-corrected chi connectivity index (χ2v) is 6.96. The molecule has 0 bridgehead atoms. The number of hydrogen-bond acceptors (Lipinski definition) is 3. The molecule has 0 unspecified atom stereocenters. The summed E-state index contributed by atoms with van der Waals surface area (Å²) in [6, 6.07) is 5.53. The van der Waals surface area contributed by atoms with Gasteiger partial charge in [-0.05, 0) is 58.6 Å². The molecule has 0 radical (unpaired) electrons. The van der Waals surface area contributed by atoms with Gasteiger partial charge in [-0.1, -0.05) is 15.9 Å². The zero-order valence-electron chi connectivity index (χ0n) is 13.8. The Morgan fingerprint density at radius 1 is 1.23 bits per heavy atom. The number of rotatable bonds is 6. The zero-order chi connectivity index (χ0) is 16.9. The molecule has 0 fully saturated rings. The minimum Gasteiger partial charge on any atom is -0.354 e. The average molecular weight is 370 g/mol. The number of halogens is 1. The maximum absolute atomic E-state index is 12.4. The third-order valence-corrected chi connectivity index (χ3v) is 4.29. The van der Waals surface area contributed by atoms with Crippen LogP contribution in [0, 0.1) is 12.3 Å². The fourth-order valence-electron chi connectivity index (χ4n) is 1.73. The predicted octanol–water partition coefficient (Wildman–Crippen LogP) is 2.40. The molecule has 0 aliphatic rings. The Morgan fingerprint density at radius 2 is 1.86 bits per heavy atom. The Labute approximate surface area is 140 Å². The molecule has 0 aliphatic heterocycles. The summed E-state index contributed by atoms with van der Waals surface area (Å²) in [6.45, 7) is 6.44. The Hall–Kier alpha value is -1.40. The van der Waals surface area contributed by atoms with E-state index in [1.165, 1.54) is 0 Å². The number of carbonyl (C=O) groups is 2. The van der Waals surface area contributed by atoms with Gasteiger partial charge in [-0.25, -0.2) is 0 Å². The molecule has 0 aliphatic carbocycles. The molecule has 0 saturated carbocycles. The van der Waals surface area contributed by atoms with Crippen LogP contribution in [0.4, 0.5) is 5.69 Å². The summed E-state index contributed by atoms with van der Waals surface area (Å²) >= 11 is 3.42. The fraction of sp³-hybridized carbons (Fsp3) is 0.500. The minimum absolute atomic E-state index is 0.277. The predicted molar refractivity (Wildman–Crippen MR) is 92.9 cm³/mol. The van der Waals surface area contributed by atoms with E-state index in [0.29, 0.717) is 12.2 Å². The van der Waals surface area contributed by atoms with E-state index in [2.05, 4.69) is 26.6 Å². The number of nitrogens with zero attached hydrogens (tertiary/aromatic N) is 1. The molecule has 0 spiro atoms. The van der Waals surface area contributed by atoms with Crippen LogP contribution in [0.1, 0.15) is 19.4 Å². The summed E-state index contributed by atoms with van der Waals surface area (Å²) in [4.78, 5) is 26.5. The zero-order valence-corrected chi connectivity index (χ0v) is 15.4. The first kappa shape index (κ1) is 18.6. The molecular weight excluding hydrogens is 346 g/mol.